The molecule has 5 nitrogen and oxygen atoms in total. The van der Waals surface area contributed by atoms with Crippen LogP contribution in [0.25, 0.3) is 0 Å². The van der Waals surface area contributed by atoms with E-state index in [1.54, 1.807) is 26.0 Å². The van der Waals surface area contributed by atoms with Crippen LogP contribution in [0.2, 0.25) is 5.02 Å². The van der Waals surface area contributed by atoms with Crippen LogP contribution in [0, 0.1) is 20.8 Å². The van der Waals surface area contributed by atoms with Gasteiger partial charge in [-0.15, -0.1) is 0 Å². The second kappa shape index (κ2) is 6.71. The van der Waals surface area contributed by atoms with Crippen LogP contribution in [0.3, 0.4) is 0 Å². The molecule has 0 aliphatic carbocycles. The lowest BCUT2D eigenvalue weighted by Gasteiger charge is -2.12. The molecule has 0 saturated heterocycles. The number of nitrogens with one attached hydrogen (secondary N) is 2. The SMILES string of the molecule is Cc1ccc(NC(=O)C(=O)Nc2c(C)cc(C)cc2Cl)c(O)c1. The van der Waals surface area contributed by atoms with Crippen LogP contribution >= 0.6 is 11.6 Å². The number of hydrogen-bond acceptors (Lipinski definition) is 3. The molecule has 0 radical (unpaired) electrons. The Morgan fingerprint density at radius 2 is 1.61 bits per heavy atom. The monoisotopic (exact) mass is 332 g/mol. The zero-order chi connectivity index (χ0) is 17.1. The molecule has 23 heavy (non-hydrogen) atoms. The van der Waals surface area contributed by atoms with Gasteiger partial charge in [0.05, 0.1) is 16.4 Å². The average molecular weight is 333 g/mol. The zero-order valence-electron chi connectivity index (χ0n) is 13.0. The first kappa shape index (κ1) is 16.8. The topological polar surface area (TPSA) is 78.4 Å². The third-order valence-corrected chi connectivity index (χ3v) is 3.58. The number of hydrogen-bond donors (Lipinski definition) is 3. The van der Waals surface area contributed by atoms with Gasteiger partial charge in [-0.05, 0) is 55.7 Å². The third-order valence-electron chi connectivity index (χ3n) is 3.28. The Labute approximate surface area is 139 Å². The van der Waals surface area contributed by atoms with Gasteiger partial charge in [0, 0.05) is 0 Å². The highest BCUT2D eigenvalue weighted by Gasteiger charge is 2.18. The predicted molar refractivity (Wildman–Crippen MR) is 91.0 cm³/mol. The summed E-state index contributed by atoms with van der Waals surface area (Å²) in [6.45, 7) is 5.48. The summed E-state index contributed by atoms with van der Waals surface area (Å²) in [7, 11) is 0. The number of halogens is 1. The quantitative estimate of drug-likeness (QED) is 0.581. The van der Waals surface area contributed by atoms with Crippen molar-refractivity contribution in [1.82, 2.24) is 0 Å². The summed E-state index contributed by atoms with van der Waals surface area (Å²) in [5.74, 6) is -1.85. The highest BCUT2D eigenvalue weighted by molar-refractivity contribution is 6.45. The molecule has 0 aliphatic heterocycles. The molecule has 0 bridgehead atoms. The van der Waals surface area contributed by atoms with E-state index in [0.29, 0.717) is 10.7 Å². The average Bonchev–Trinajstić information content (AvgIpc) is 2.45. The molecule has 0 fully saturated rings. The molecular formula is C17H17ClN2O3. The zero-order valence-corrected chi connectivity index (χ0v) is 13.8. The van der Waals surface area contributed by atoms with Crippen LogP contribution in [0.1, 0.15) is 16.7 Å². The molecule has 0 heterocycles. The lowest BCUT2D eigenvalue weighted by molar-refractivity contribution is -0.133. The number of phenols is 1. The Morgan fingerprint density at radius 3 is 2.22 bits per heavy atom. The van der Waals surface area contributed by atoms with Crippen molar-refractivity contribution in [2.75, 3.05) is 10.6 Å². The molecule has 2 rings (SSSR count). The van der Waals surface area contributed by atoms with E-state index in [-0.39, 0.29) is 11.4 Å². The maximum Gasteiger partial charge on any atom is 0.314 e. The fourth-order valence-corrected chi connectivity index (χ4v) is 2.54. The van der Waals surface area contributed by atoms with Crippen molar-refractivity contribution in [2.45, 2.75) is 20.8 Å². The van der Waals surface area contributed by atoms with Crippen molar-refractivity contribution in [3.63, 3.8) is 0 Å². The van der Waals surface area contributed by atoms with E-state index in [1.165, 1.54) is 12.1 Å². The Kier molecular flexibility index (Phi) is 4.91. The number of carbonyl (C=O) groups excluding carboxylic acids is 2. The number of amides is 2. The first-order chi connectivity index (χ1) is 10.8. The summed E-state index contributed by atoms with van der Waals surface area (Å²) in [5.41, 5.74) is 3.12. The summed E-state index contributed by atoms with van der Waals surface area (Å²) in [6, 6.07) is 8.29. The number of aryl methyl sites for hydroxylation is 3. The molecule has 0 aliphatic rings. The lowest BCUT2D eigenvalue weighted by Crippen LogP contribution is -2.29. The van der Waals surface area contributed by atoms with Crippen LogP contribution in [0.15, 0.2) is 30.3 Å². The van der Waals surface area contributed by atoms with Crippen LogP contribution in [0.5, 0.6) is 5.75 Å². The van der Waals surface area contributed by atoms with Gasteiger partial charge in [-0.2, -0.15) is 0 Å². The predicted octanol–water partition coefficient (Wildman–Crippen LogP) is 3.55. The minimum absolute atomic E-state index is 0.101. The van der Waals surface area contributed by atoms with Crippen molar-refractivity contribution >= 4 is 34.8 Å². The minimum atomic E-state index is -0.889. The molecule has 0 aromatic heterocycles. The number of rotatable bonds is 2. The Balaban J connectivity index is 2.13. The molecule has 0 atom stereocenters. The first-order valence-electron chi connectivity index (χ1n) is 6.96. The van der Waals surface area contributed by atoms with Crippen molar-refractivity contribution in [3.8, 4) is 5.75 Å². The van der Waals surface area contributed by atoms with Crippen molar-refractivity contribution in [1.29, 1.82) is 0 Å². The maximum absolute atomic E-state index is 12.0. The van der Waals surface area contributed by atoms with Gasteiger partial charge in [0.1, 0.15) is 5.75 Å². The summed E-state index contributed by atoms with van der Waals surface area (Å²) in [4.78, 5) is 24.0. The molecule has 120 valence electrons. The Bertz CT molecular complexity index is 764. The van der Waals surface area contributed by atoms with E-state index in [2.05, 4.69) is 10.6 Å². The molecule has 6 heteroatoms. The van der Waals surface area contributed by atoms with E-state index in [0.717, 1.165) is 16.7 Å². The van der Waals surface area contributed by atoms with Gasteiger partial charge in [0.15, 0.2) is 0 Å². The highest BCUT2D eigenvalue weighted by atomic mass is 35.5. The molecule has 0 unspecified atom stereocenters. The molecule has 2 amide bonds. The third kappa shape index (κ3) is 4.02. The fourth-order valence-electron chi connectivity index (χ4n) is 2.17. The number of aromatic hydroxyl groups is 1. The van der Waals surface area contributed by atoms with Crippen LogP contribution in [-0.2, 0) is 9.59 Å². The highest BCUT2D eigenvalue weighted by Crippen LogP contribution is 2.27. The first-order valence-corrected chi connectivity index (χ1v) is 7.34. The van der Waals surface area contributed by atoms with E-state index in [1.807, 2.05) is 13.0 Å². The molecule has 2 aromatic carbocycles. The Hall–Kier alpha value is -2.53. The minimum Gasteiger partial charge on any atom is -0.506 e. The number of carbonyl (C=O) groups is 2. The molecular weight excluding hydrogens is 316 g/mol. The molecule has 0 saturated carbocycles. The van der Waals surface area contributed by atoms with Gasteiger partial charge in [-0.3, -0.25) is 9.59 Å². The van der Waals surface area contributed by atoms with Crippen LogP contribution < -0.4 is 10.6 Å². The summed E-state index contributed by atoms with van der Waals surface area (Å²) < 4.78 is 0. The van der Waals surface area contributed by atoms with E-state index in [4.69, 9.17) is 11.6 Å². The number of phenolic OH excluding ortho intramolecular Hbond substituents is 1. The van der Waals surface area contributed by atoms with E-state index in [9.17, 15) is 14.7 Å². The summed E-state index contributed by atoms with van der Waals surface area (Å²) in [6.07, 6.45) is 0. The molecule has 2 aromatic rings. The van der Waals surface area contributed by atoms with Crippen molar-refractivity contribution < 1.29 is 14.7 Å². The second-order valence-corrected chi connectivity index (χ2v) is 5.77. The van der Waals surface area contributed by atoms with Gasteiger partial charge in [-0.1, -0.05) is 23.7 Å². The second-order valence-electron chi connectivity index (χ2n) is 5.37. The standard InChI is InChI=1S/C17H17ClN2O3/c1-9-4-5-13(14(21)8-9)19-16(22)17(23)20-15-11(3)6-10(2)7-12(15)18/h4-8,21H,1-3H3,(H,19,22)(H,20,23). The van der Waals surface area contributed by atoms with Crippen LogP contribution in [0.4, 0.5) is 11.4 Å². The van der Waals surface area contributed by atoms with Gasteiger partial charge in [0.2, 0.25) is 0 Å². The van der Waals surface area contributed by atoms with Gasteiger partial charge >= 0.3 is 11.8 Å². The largest absolute Gasteiger partial charge is 0.506 e. The van der Waals surface area contributed by atoms with Crippen LogP contribution in [-0.4, -0.2) is 16.9 Å². The van der Waals surface area contributed by atoms with E-state index < -0.39 is 11.8 Å². The Morgan fingerprint density at radius 1 is 0.957 bits per heavy atom. The smallest absolute Gasteiger partial charge is 0.314 e. The van der Waals surface area contributed by atoms with Gasteiger partial charge in [-0.25, -0.2) is 0 Å². The lowest BCUT2D eigenvalue weighted by atomic mass is 10.1. The van der Waals surface area contributed by atoms with Gasteiger partial charge < -0.3 is 15.7 Å². The molecule has 0 spiro atoms. The van der Waals surface area contributed by atoms with Crippen molar-refractivity contribution in [2.24, 2.45) is 0 Å². The fraction of sp³-hybridized carbons (Fsp3) is 0.176. The summed E-state index contributed by atoms with van der Waals surface area (Å²) >= 11 is 6.10. The summed E-state index contributed by atoms with van der Waals surface area (Å²) in [5, 5.41) is 15.0. The van der Waals surface area contributed by atoms with E-state index >= 15 is 0 Å². The van der Waals surface area contributed by atoms with Crippen molar-refractivity contribution in [3.05, 3.63) is 52.0 Å². The maximum atomic E-state index is 12.0. The normalized spacial score (nSPS) is 10.3. The number of anilines is 2. The molecule has 3 N–H and O–H groups in total. The van der Waals surface area contributed by atoms with Gasteiger partial charge in [0.25, 0.3) is 0 Å². The number of benzene rings is 2.